The summed E-state index contributed by atoms with van der Waals surface area (Å²) in [5, 5.41) is 7.51. The van der Waals surface area contributed by atoms with Crippen molar-refractivity contribution in [1.29, 1.82) is 0 Å². The number of aromatic amines is 1. The molecule has 9 nitrogen and oxygen atoms in total. The quantitative estimate of drug-likeness (QED) is 0.368. The molecular formula is C29H22N4O5. The second kappa shape index (κ2) is 7.45. The summed E-state index contributed by atoms with van der Waals surface area (Å²) < 4.78 is 10.9. The number of ether oxygens (including phenoxy) is 2. The van der Waals surface area contributed by atoms with Crippen molar-refractivity contribution in [3.8, 4) is 11.5 Å². The van der Waals surface area contributed by atoms with Crippen molar-refractivity contribution in [2.45, 2.75) is 18.0 Å². The van der Waals surface area contributed by atoms with Crippen LogP contribution in [0.3, 0.4) is 0 Å². The van der Waals surface area contributed by atoms with Crippen LogP contribution in [-0.2, 0) is 26.3 Å². The first-order chi connectivity index (χ1) is 18.6. The van der Waals surface area contributed by atoms with Crippen molar-refractivity contribution < 1.29 is 23.9 Å². The number of carbonyl (C=O) groups is 3. The third-order valence-electron chi connectivity index (χ3n) is 8.35. The molecule has 8 rings (SSSR count). The van der Waals surface area contributed by atoms with Gasteiger partial charge in [-0.3, -0.25) is 19.7 Å². The van der Waals surface area contributed by atoms with Gasteiger partial charge < -0.3 is 19.8 Å². The predicted molar refractivity (Wildman–Crippen MR) is 138 cm³/mol. The second-order valence-corrected chi connectivity index (χ2v) is 10.2. The van der Waals surface area contributed by atoms with Crippen LogP contribution in [0.4, 0.5) is 11.4 Å². The van der Waals surface area contributed by atoms with Gasteiger partial charge >= 0.3 is 0 Å². The molecule has 4 atom stereocenters. The lowest BCUT2D eigenvalue weighted by atomic mass is 9.76. The van der Waals surface area contributed by atoms with E-state index in [1.807, 2.05) is 54.7 Å². The van der Waals surface area contributed by atoms with Gasteiger partial charge in [-0.25, -0.2) is 4.90 Å². The fourth-order valence-electron chi connectivity index (χ4n) is 6.75. The van der Waals surface area contributed by atoms with E-state index in [0.717, 1.165) is 16.5 Å². The van der Waals surface area contributed by atoms with Crippen molar-refractivity contribution in [2.24, 2.45) is 11.8 Å². The molecule has 0 radical (unpaired) electrons. The Hall–Kier alpha value is -4.63. The topological polar surface area (TPSA) is 113 Å². The number of anilines is 2. The van der Waals surface area contributed by atoms with Crippen LogP contribution in [-0.4, -0.2) is 35.5 Å². The Morgan fingerprint density at radius 1 is 0.921 bits per heavy atom. The molecule has 4 aliphatic rings. The van der Waals surface area contributed by atoms with E-state index in [4.69, 9.17) is 9.47 Å². The molecule has 188 valence electrons. The fraction of sp³-hybridized carbons (Fsp3) is 0.207. The van der Waals surface area contributed by atoms with Gasteiger partial charge in [0.25, 0.3) is 0 Å². The molecule has 38 heavy (non-hydrogen) atoms. The molecule has 0 saturated carbocycles. The molecule has 3 N–H and O–H groups in total. The smallest absolute Gasteiger partial charge is 0.250 e. The average molecular weight is 507 g/mol. The maximum atomic E-state index is 14.2. The van der Waals surface area contributed by atoms with Crippen molar-refractivity contribution in [3.05, 3.63) is 84.1 Å². The maximum Gasteiger partial charge on any atom is 0.250 e. The molecule has 2 saturated heterocycles. The van der Waals surface area contributed by atoms with Crippen LogP contribution in [0.1, 0.15) is 11.1 Å². The van der Waals surface area contributed by atoms with Gasteiger partial charge in [-0.15, -0.1) is 0 Å². The molecule has 0 bridgehead atoms. The van der Waals surface area contributed by atoms with E-state index in [0.29, 0.717) is 34.9 Å². The molecule has 9 heteroatoms. The standard InChI is InChI=1S/C29H22N4O5/c34-26-24-21(11-15-13-30-19-7-3-1-5-17(15)19)32-29(18-6-2-4-8-20(18)31-28(29)36)25(24)27(35)33(26)16-9-10-22-23(12-16)38-14-37-22/h1-10,12-13,21,24-25,30,32H,11,14H2,(H,31,36)/t21-,24+,25-,29-/m0/s1. The van der Waals surface area contributed by atoms with Crippen molar-refractivity contribution >= 4 is 40.0 Å². The highest BCUT2D eigenvalue weighted by molar-refractivity contribution is 6.26. The van der Waals surface area contributed by atoms with Crippen molar-refractivity contribution in [1.82, 2.24) is 10.3 Å². The zero-order valence-electron chi connectivity index (χ0n) is 20.1. The highest BCUT2D eigenvalue weighted by Crippen LogP contribution is 2.54. The van der Waals surface area contributed by atoms with Crippen LogP contribution in [0.5, 0.6) is 11.5 Å². The summed E-state index contributed by atoms with van der Waals surface area (Å²) in [5.41, 5.74) is 2.41. The normalized spacial score (nSPS) is 26.9. The number of benzene rings is 3. The monoisotopic (exact) mass is 506 g/mol. The van der Waals surface area contributed by atoms with E-state index in [1.165, 1.54) is 4.90 Å². The Morgan fingerprint density at radius 3 is 2.66 bits per heavy atom. The van der Waals surface area contributed by atoms with Crippen LogP contribution in [0.2, 0.25) is 0 Å². The van der Waals surface area contributed by atoms with Gasteiger partial charge in [0.15, 0.2) is 11.5 Å². The highest BCUT2D eigenvalue weighted by atomic mass is 16.7. The van der Waals surface area contributed by atoms with E-state index in [9.17, 15) is 14.4 Å². The molecule has 1 spiro atoms. The number of nitrogens with zero attached hydrogens (tertiary/aromatic N) is 1. The minimum absolute atomic E-state index is 0.0859. The lowest BCUT2D eigenvalue weighted by molar-refractivity contribution is -0.130. The first kappa shape index (κ1) is 21.5. The van der Waals surface area contributed by atoms with Crippen molar-refractivity contribution in [3.63, 3.8) is 0 Å². The zero-order valence-corrected chi connectivity index (χ0v) is 20.1. The minimum atomic E-state index is -1.35. The van der Waals surface area contributed by atoms with Crippen LogP contribution >= 0.6 is 0 Å². The number of carbonyl (C=O) groups excluding carboxylic acids is 3. The number of para-hydroxylation sites is 2. The minimum Gasteiger partial charge on any atom is -0.454 e. The number of H-pyrrole nitrogens is 1. The van der Waals surface area contributed by atoms with Crippen LogP contribution in [0.15, 0.2) is 72.9 Å². The van der Waals surface area contributed by atoms with E-state index in [-0.39, 0.29) is 18.6 Å². The maximum absolute atomic E-state index is 14.2. The van der Waals surface area contributed by atoms with Gasteiger partial charge in [0.05, 0.1) is 17.5 Å². The lowest BCUT2D eigenvalue weighted by Gasteiger charge is -2.29. The number of hydrogen-bond donors (Lipinski definition) is 3. The van der Waals surface area contributed by atoms with E-state index in [1.54, 1.807) is 18.2 Å². The zero-order chi connectivity index (χ0) is 25.6. The van der Waals surface area contributed by atoms with Gasteiger partial charge in [0, 0.05) is 40.5 Å². The third-order valence-corrected chi connectivity index (χ3v) is 8.35. The largest absolute Gasteiger partial charge is 0.454 e. The van der Waals surface area contributed by atoms with Gasteiger partial charge in [-0.2, -0.15) is 0 Å². The summed E-state index contributed by atoms with van der Waals surface area (Å²) in [5.74, 6) is -1.65. The molecule has 2 fully saturated rings. The Bertz CT molecular complexity index is 1700. The molecule has 5 heterocycles. The summed E-state index contributed by atoms with van der Waals surface area (Å²) in [6, 6.07) is 19.9. The number of hydrogen-bond acceptors (Lipinski definition) is 6. The summed E-state index contributed by atoms with van der Waals surface area (Å²) in [6.07, 6.45) is 2.41. The molecule has 3 aromatic carbocycles. The van der Waals surface area contributed by atoms with E-state index >= 15 is 0 Å². The second-order valence-electron chi connectivity index (χ2n) is 10.2. The van der Waals surface area contributed by atoms with Gasteiger partial charge in [0.2, 0.25) is 24.5 Å². The molecular weight excluding hydrogens is 484 g/mol. The Kier molecular flexibility index (Phi) is 4.21. The Morgan fingerprint density at radius 2 is 1.74 bits per heavy atom. The number of nitrogens with one attached hydrogen (secondary N) is 3. The molecule has 4 aliphatic heterocycles. The predicted octanol–water partition coefficient (Wildman–Crippen LogP) is 3.06. The molecule has 3 amide bonds. The Balaban J connectivity index is 1.27. The third kappa shape index (κ3) is 2.66. The number of amides is 3. The van der Waals surface area contributed by atoms with E-state index in [2.05, 4.69) is 15.6 Å². The average Bonchev–Trinajstić information content (AvgIpc) is 3.72. The lowest BCUT2D eigenvalue weighted by Crippen LogP contribution is -2.53. The number of aromatic nitrogens is 1. The summed E-state index contributed by atoms with van der Waals surface area (Å²) >= 11 is 0. The molecule has 0 aliphatic carbocycles. The van der Waals surface area contributed by atoms with Gasteiger partial charge in [0.1, 0.15) is 5.54 Å². The molecule has 0 unspecified atom stereocenters. The Labute approximate surface area is 216 Å². The van der Waals surface area contributed by atoms with Crippen LogP contribution < -0.4 is 25.0 Å². The van der Waals surface area contributed by atoms with Gasteiger partial charge in [-0.05, 0) is 36.2 Å². The summed E-state index contributed by atoms with van der Waals surface area (Å²) in [4.78, 5) is 46.5. The van der Waals surface area contributed by atoms with Crippen molar-refractivity contribution in [2.75, 3.05) is 17.0 Å². The highest BCUT2D eigenvalue weighted by Gasteiger charge is 2.70. The molecule has 1 aromatic heterocycles. The molecule has 4 aromatic rings. The number of fused-ring (bicyclic) bond motifs is 6. The van der Waals surface area contributed by atoms with E-state index < -0.39 is 29.3 Å². The summed E-state index contributed by atoms with van der Waals surface area (Å²) in [6.45, 7) is 0.0859. The fourth-order valence-corrected chi connectivity index (χ4v) is 6.75. The number of rotatable bonds is 3. The van der Waals surface area contributed by atoms with Gasteiger partial charge in [-0.1, -0.05) is 36.4 Å². The van der Waals surface area contributed by atoms with Crippen LogP contribution in [0.25, 0.3) is 10.9 Å². The SMILES string of the molecule is O=C1[C@@H]2[C@H](Cc3c[nH]c4ccccc34)N[C@]3(C(=O)Nc4ccccc43)[C@@H]2C(=O)N1c1ccc2c(c1)OCO2. The first-order valence-corrected chi connectivity index (χ1v) is 12.6. The summed E-state index contributed by atoms with van der Waals surface area (Å²) in [7, 11) is 0. The van der Waals surface area contributed by atoms with Crippen LogP contribution in [0, 0.1) is 11.8 Å². The first-order valence-electron chi connectivity index (χ1n) is 12.6. The number of imide groups is 1.